The molecule has 4 rings (SSSR count). The van der Waals surface area contributed by atoms with Crippen LogP contribution < -0.4 is 5.56 Å². The van der Waals surface area contributed by atoms with Crippen LogP contribution in [0, 0.1) is 0 Å². The number of benzene rings is 1. The van der Waals surface area contributed by atoms with Crippen molar-refractivity contribution < 1.29 is 9.90 Å². The van der Waals surface area contributed by atoms with Crippen molar-refractivity contribution in [1.82, 2.24) is 9.88 Å². The highest BCUT2D eigenvalue weighted by molar-refractivity contribution is 5.97. The van der Waals surface area contributed by atoms with E-state index < -0.39 is 0 Å². The lowest BCUT2D eigenvalue weighted by atomic mass is 9.91. The van der Waals surface area contributed by atoms with Crippen molar-refractivity contribution in [2.24, 2.45) is 0 Å². The minimum Gasteiger partial charge on any atom is -0.508 e. The van der Waals surface area contributed by atoms with E-state index in [-0.39, 0.29) is 17.2 Å². The van der Waals surface area contributed by atoms with E-state index in [0.717, 1.165) is 54.5 Å². The standard InChI is InChI=1S/C21H22N2O3/c24-16-7-3-5-14(11-16)15-6-4-10-23(13-15)21(26)18-12-20(25)22-19-9-2-1-8-17(18)19/h3,5-7,11-12,24H,1-2,4,8-10,13H2,(H,22,25). The zero-order chi connectivity index (χ0) is 18.1. The molecule has 5 heteroatoms. The number of aromatic hydroxyl groups is 1. The van der Waals surface area contributed by atoms with Gasteiger partial charge in [0.05, 0.1) is 0 Å². The first kappa shape index (κ1) is 16.6. The van der Waals surface area contributed by atoms with Gasteiger partial charge in [-0.25, -0.2) is 0 Å². The smallest absolute Gasteiger partial charge is 0.254 e. The molecule has 2 aliphatic rings. The monoisotopic (exact) mass is 350 g/mol. The average Bonchev–Trinajstić information content (AvgIpc) is 2.67. The number of aryl methyl sites for hydroxylation is 1. The Morgan fingerprint density at radius 3 is 2.85 bits per heavy atom. The Bertz CT molecular complexity index is 943. The fourth-order valence-electron chi connectivity index (χ4n) is 3.94. The molecule has 0 radical (unpaired) electrons. The van der Waals surface area contributed by atoms with Gasteiger partial charge in [-0.2, -0.15) is 0 Å². The van der Waals surface area contributed by atoms with Gasteiger partial charge >= 0.3 is 0 Å². The topological polar surface area (TPSA) is 73.4 Å². The average molecular weight is 350 g/mol. The molecule has 0 bridgehead atoms. The second-order valence-electron chi connectivity index (χ2n) is 7.01. The second-order valence-corrected chi connectivity index (χ2v) is 7.01. The van der Waals surface area contributed by atoms with Gasteiger partial charge in [0.2, 0.25) is 5.56 Å². The number of carbonyl (C=O) groups excluding carboxylic acids is 1. The van der Waals surface area contributed by atoms with Crippen LogP contribution in [-0.4, -0.2) is 34.0 Å². The van der Waals surface area contributed by atoms with E-state index in [9.17, 15) is 14.7 Å². The number of hydrogen-bond donors (Lipinski definition) is 2. The van der Waals surface area contributed by atoms with E-state index in [2.05, 4.69) is 11.1 Å². The highest BCUT2D eigenvalue weighted by Gasteiger charge is 2.25. The maximum absolute atomic E-state index is 13.2. The van der Waals surface area contributed by atoms with Crippen molar-refractivity contribution in [3.8, 4) is 5.75 Å². The summed E-state index contributed by atoms with van der Waals surface area (Å²) in [5.41, 5.74) is 4.24. The van der Waals surface area contributed by atoms with E-state index in [4.69, 9.17) is 0 Å². The molecule has 1 aromatic carbocycles. The Labute approximate surface area is 152 Å². The molecule has 1 amide bonds. The molecule has 1 aliphatic heterocycles. The fraction of sp³-hybridized carbons (Fsp3) is 0.333. The normalized spacial score (nSPS) is 16.8. The summed E-state index contributed by atoms with van der Waals surface area (Å²) >= 11 is 0. The Morgan fingerprint density at radius 2 is 2.00 bits per heavy atom. The lowest BCUT2D eigenvalue weighted by molar-refractivity contribution is 0.0773. The van der Waals surface area contributed by atoms with Crippen LogP contribution in [0.15, 0.2) is 41.2 Å². The Kier molecular flexibility index (Phi) is 4.37. The Morgan fingerprint density at radius 1 is 1.15 bits per heavy atom. The van der Waals surface area contributed by atoms with Crippen molar-refractivity contribution in [3.63, 3.8) is 0 Å². The van der Waals surface area contributed by atoms with Crippen molar-refractivity contribution in [2.75, 3.05) is 13.1 Å². The van der Waals surface area contributed by atoms with Gasteiger partial charge in [-0.05, 0) is 60.9 Å². The summed E-state index contributed by atoms with van der Waals surface area (Å²) in [5, 5.41) is 9.71. The molecular formula is C21H22N2O3. The molecule has 0 unspecified atom stereocenters. The van der Waals surface area contributed by atoms with Crippen LogP contribution in [0.25, 0.3) is 5.57 Å². The molecule has 0 atom stereocenters. The first-order valence-electron chi connectivity index (χ1n) is 9.14. The number of nitrogens with one attached hydrogen (secondary N) is 1. The molecule has 2 N–H and O–H groups in total. The third-order valence-corrected chi connectivity index (χ3v) is 5.23. The van der Waals surface area contributed by atoms with Gasteiger partial charge in [0, 0.05) is 30.4 Å². The number of carbonyl (C=O) groups is 1. The van der Waals surface area contributed by atoms with Gasteiger partial charge in [-0.3, -0.25) is 9.59 Å². The number of fused-ring (bicyclic) bond motifs is 1. The SMILES string of the molecule is O=C(c1cc(=O)[nH]c2c1CCCC2)N1CCC=C(c2cccc(O)c2)C1. The number of nitrogens with zero attached hydrogens (tertiary/aromatic N) is 1. The molecule has 2 heterocycles. The fourth-order valence-corrected chi connectivity index (χ4v) is 3.94. The van der Waals surface area contributed by atoms with Crippen LogP contribution in [-0.2, 0) is 12.8 Å². The van der Waals surface area contributed by atoms with Gasteiger partial charge in [-0.15, -0.1) is 0 Å². The Balaban J connectivity index is 1.63. The summed E-state index contributed by atoms with van der Waals surface area (Å²) in [4.78, 5) is 29.9. The van der Waals surface area contributed by atoms with Gasteiger partial charge < -0.3 is 15.0 Å². The predicted octanol–water partition coefficient (Wildman–Crippen LogP) is 2.89. The van der Waals surface area contributed by atoms with Crippen LogP contribution in [0.3, 0.4) is 0 Å². The molecule has 0 saturated carbocycles. The minimum atomic E-state index is -0.199. The zero-order valence-corrected chi connectivity index (χ0v) is 14.6. The molecule has 0 fully saturated rings. The third kappa shape index (κ3) is 3.17. The van der Waals surface area contributed by atoms with Gasteiger partial charge in [-0.1, -0.05) is 18.2 Å². The summed E-state index contributed by atoms with van der Waals surface area (Å²) in [5.74, 6) is 0.149. The minimum absolute atomic E-state index is 0.0694. The van der Waals surface area contributed by atoms with Crippen molar-refractivity contribution in [2.45, 2.75) is 32.1 Å². The first-order chi connectivity index (χ1) is 12.6. The molecule has 1 aliphatic carbocycles. The molecule has 26 heavy (non-hydrogen) atoms. The quantitative estimate of drug-likeness (QED) is 0.875. The largest absolute Gasteiger partial charge is 0.508 e. The van der Waals surface area contributed by atoms with Crippen molar-refractivity contribution >= 4 is 11.5 Å². The molecule has 0 saturated heterocycles. The predicted molar refractivity (Wildman–Crippen MR) is 100 cm³/mol. The van der Waals surface area contributed by atoms with E-state index in [1.165, 1.54) is 6.07 Å². The van der Waals surface area contributed by atoms with Gasteiger partial charge in [0.15, 0.2) is 0 Å². The maximum atomic E-state index is 13.2. The van der Waals surface area contributed by atoms with Crippen molar-refractivity contribution in [3.05, 3.63) is 69.1 Å². The lowest BCUT2D eigenvalue weighted by Gasteiger charge is -2.29. The summed E-state index contributed by atoms with van der Waals surface area (Å²) in [6.07, 6.45) is 6.66. The molecular weight excluding hydrogens is 328 g/mol. The molecule has 2 aromatic rings. The first-order valence-corrected chi connectivity index (χ1v) is 9.14. The van der Waals surface area contributed by atoms with Crippen molar-refractivity contribution in [1.29, 1.82) is 0 Å². The highest BCUT2D eigenvalue weighted by atomic mass is 16.3. The van der Waals surface area contributed by atoms with Crippen LogP contribution in [0.1, 0.15) is 46.4 Å². The molecule has 1 aromatic heterocycles. The summed E-state index contributed by atoms with van der Waals surface area (Å²) < 4.78 is 0. The Hall–Kier alpha value is -2.82. The van der Waals surface area contributed by atoms with Gasteiger partial charge in [0.25, 0.3) is 5.91 Å². The van der Waals surface area contributed by atoms with Crippen LogP contribution in [0.5, 0.6) is 5.75 Å². The number of H-pyrrole nitrogens is 1. The van der Waals surface area contributed by atoms with Crippen LogP contribution in [0.4, 0.5) is 0 Å². The van der Waals surface area contributed by atoms with E-state index in [1.807, 2.05) is 11.0 Å². The zero-order valence-electron chi connectivity index (χ0n) is 14.6. The molecule has 5 nitrogen and oxygen atoms in total. The number of hydrogen-bond acceptors (Lipinski definition) is 3. The second kappa shape index (κ2) is 6.83. The number of pyridine rings is 1. The number of aromatic amines is 1. The molecule has 0 spiro atoms. The number of aromatic nitrogens is 1. The lowest BCUT2D eigenvalue weighted by Crippen LogP contribution is -2.37. The van der Waals surface area contributed by atoms with E-state index in [1.54, 1.807) is 18.2 Å². The maximum Gasteiger partial charge on any atom is 0.254 e. The number of rotatable bonds is 2. The summed E-state index contributed by atoms with van der Waals surface area (Å²) in [6, 6.07) is 8.56. The number of phenols is 1. The van der Waals surface area contributed by atoms with E-state index >= 15 is 0 Å². The van der Waals surface area contributed by atoms with Gasteiger partial charge in [0.1, 0.15) is 5.75 Å². The van der Waals surface area contributed by atoms with Crippen LogP contribution in [0.2, 0.25) is 0 Å². The summed E-state index contributed by atoms with van der Waals surface area (Å²) in [7, 11) is 0. The van der Waals surface area contributed by atoms with Crippen LogP contribution >= 0.6 is 0 Å². The number of phenolic OH excluding ortho intramolecular Hbond substituents is 1. The van der Waals surface area contributed by atoms with E-state index in [0.29, 0.717) is 18.7 Å². The highest BCUT2D eigenvalue weighted by Crippen LogP contribution is 2.27. The number of amides is 1. The molecule has 134 valence electrons. The third-order valence-electron chi connectivity index (χ3n) is 5.23. The summed E-state index contributed by atoms with van der Waals surface area (Å²) in [6.45, 7) is 1.13.